The predicted octanol–water partition coefficient (Wildman–Crippen LogP) is 2.21. The summed E-state index contributed by atoms with van der Waals surface area (Å²) in [6, 6.07) is -0.940. The van der Waals surface area contributed by atoms with Gasteiger partial charge in [-0.3, -0.25) is 9.59 Å². The summed E-state index contributed by atoms with van der Waals surface area (Å²) in [6.45, 7) is 7.60. The van der Waals surface area contributed by atoms with Crippen LogP contribution in [0.15, 0.2) is 12.3 Å². The first-order valence-corrected chi connectivity index (χ1v) is 11.8. The number of alkyl carbamates (subject to hydrolysis) is 1. The quantitative estimate of drug-likeness (QED) is 0.297. The van der Waals surface area contributed by atoms with Gasteiger partial charge < -0.3 is 29.0 Å². The molecule has 0 aromatic carbocycles. The molecular formula is C19H29NO9S2. The molecule has 12 heteroatoms. The molecule has 1 aliphatic heterocycles. The highest BCUT2D eigenvalue weighted by molar-refractivity contribution is 8.77. The van der Waals surface area contributed by atoms with Crippen LogP contribution in [-0.2, 0) is 38.1 Å². The van der Waals surface area contributed by atoms with Crippen LogP contribution in [0.5, 0.6) is 0 Å². The van der Waals surface area contributed by atoms with E-state index in [1.807, 2.05) is 0 Å². The summed E-state index contributed by atoms with van der Waals surface area (Å²) in [5, 5.41) is 2.15. The summed E-state index contributed by atoms with van der Waals surface area (Å²) in [6.07, 6.45) is 1.02. The lowest BCUT2D eigenvalue weighted by Crippen LogP contribution is -2.46. The number of carbonyl (C=O) groups excluding carboxylic acids is 4. The highest BCUT2D eigenvalue weighted by Crippen LogP contribution is 2.35. The van der Waals surface area contributed by atoms with Gasteiger partial charge in [0.2, 0.25) is 0 Å². The summed E-state index contributed by atoms with van der Waals surface area (Å²) in [5.41, 5.74) is -0.715. The number of rotatable bonds is 9. The second-order valence-electron chi connectivity index (χ2n) is 7.45. The third kappa shape index (κ3) is 10.7. The van der Waals surface area contributed by atoms with E-state index in [2.05, 4.69) is 5.32 Å². The van der Waals surface area contributed by atoms with Gasteiger partial charge in [-0.05, 0) is 26.8 Å². The topological polar surface area (TPSA) is 126 Å². The lowest BCUT2D eigenvalue weighted by atomic mass is 10.1. The summed E-state index contributed by atoms with van der Waals surface area (Å²) >= 11 is 0. The van der Waals surface area contributed by atoms with Gasteiger partial charge in [0.05, 0.1) is 18.6 Å². The van der Waals surface area contributed by atoms with Crippen molar-refractivity contribution in [3.63, 3.8) is 0 Å². The monoisotopic (exact) mass is 479 g/mol. The number of nitrogens with one attached hydrogen (secondary N) is 1. The van der Waals surface area contributed by atoms with Crippen molar-refractivity contribution in [3.05, 3.63) is 12.3 Å². The van der Waals surface area contributed by atoms with Crippen molar-refractivity contribution in [2.45, 2.75) is 63.7 Å². The van der Waals surface area contributed by atoms with Gasteiger partial charge in [-0.2, -0.15) is 0 Å². The van der Waals surface area contributed by atoms with Gasteiger partial charge in [0.15, 0.2) is 12.2 Å². The van der Waals surface area contributed by atoms with E-state index in [0.29, 0.717) is 0 Å². The van der Waals surface area contributed by atoms with Gasteiger partial charge >= 0.3 is 24.0 Å². The Kier molecular flexibility index (Phi) is 11.0. The second-order valence-corrected chi connectivity index (χ2v) is 10.0. The van der Waals surface area contributed by atoms with E-state index in [-0.39, 0.29) is 17.6 Å². The van der Waals surface area contributed by atoms with Crippen LogP contribution in [0.25, 0.3) is 0 Å². The van der Waals surface area contributed by atoms with E-state index in [4.69, 9.17) is 23.7 Å². The number of hydrogen-bond donors (Lipinski definition) is 1. The van der Waals surface area contributed by atoms with Gasteiger partial charge in [-0.15, -0.1) is 0 Å². The first kappa shape index (κ1) is 27.0. The fourth-order valence-corrected chi connectivity index (χ4v) is 5.02. The van der Waals surface area contributed by atoms with E-state index < -0.39 is 47.9 Å². The zero-order valence-corrected chi connectivity index (χ0v) is 20.0. The Balaban J connectivity index is 2.74. The van der Waals surface area contributed by atoms with Gasteiger partial charge in [-0.1, -0.05) is 21.6 Å². The van der Waals surface area contributed by atoms with E-state index in [9.17, 15) is 19.2 Å². The molecule has 0 spiro atoms. The minimum absolute atomic E-state index is 0.0790. The maximum absolute atomic E-state index is 12.0. The van der Waals surface area contributed by atoms with Gasteiger partial charge in [-0.25, -0.2) is 9.59 Å². The van der Waals surface area contributed by atoms with Crippen molar-refractivity contribution in [1.82, 2.24) is 5.32 Å². The molecule has 31 heavy (non-hydrogen) atoms. The summed E-state index contributed by atoms with van der Waals surface area (Å²) in [7, 11) is 3.81. The Hall–Kier alpha value is -2.08. The van der Waals surface area contributed by atoms with Gasteiger partial charge in [0, 0.05) is 19.6 Å². The number of amides is 1. The molecule has 2 unspecified atom stereocenters. The van der Waals surface area contributed by atoms with Crippen molar-refractivity contribution in [2.24, 2.45) is 0 Å². The molecule has 1 rings (SSSR count). The van der Waals surface area contributed by atoms with Crippen LogP contribution >= 0.6 is 21.6 Å². The van der Waals surface area contributed by atoms with Crippen LogP contribution in [0.2, 0.25) is 0 Å². The Bertz CT molecular complexity index is 678. The highest BCUT2D eigenvalue weighted by atomic mass is 33.1. The normalized spacial score (nSPS) is 21.3. The molecule has 176 valence electrons. The molecule has 1 heterocycles. The summed E-state index contributed by atoms with van der Waals surface area (Å²) < 4.78 is 25.7. The Morgan fingerprint density at radius 2 is 1.84 bits per heavy atom. The van der Waals surface area contributed by atoms with Gasteiger partial charge in [0.1, 0.15) is 18.2 Å². The molecule has 1 aliphatic rings. The third-order valence-electron chi connectivity index (χ3n) is 3.56. The van der Waals surface area contributed by atoms with Crippen molar-refractivity contribution in [2.75, 3.05) is 19.5 Å². The lowest BCUT2D eigenvalue weighted by Gasteiger charge is -2.33. The number of carbonyl (C=O) groups is 4. The molecule has 1 N–H and O–H groups in total. The molecule has 0 aliphatic carbocycles. The van der Waals surface area contributed by atoms with Crippen LogP contribution in [0, 0.1) is 0 Å². The van der Waals surface area contributed by atoms with Gasteiger partial charge in [0.25, 0.3) is 0 Å². The third-order valence-corrected chi connectivity index (χ3v) is 6.29. The SMILES string of the molecule is COC(=O)C(CSS[C@@H]1C=COC(COC(C)=O)[C@@H]1OC(C)=O)NC(=O)OC(C)(C)C. The Labute approximate surface area is 189 Å². The predicted molar refractivity (Wildman–Crippen MR) is 115 cm³/mol. The van der Waals surface area contributed by atoms with Crippen LogP contribution in [0.4, 0.5) is 4.79 Å². The fraction of sp³-hybridized carbons (Fsp3) is 0.684. The molecule has 1 amide bonds. The molecule has 0 fully saturated rings. The molecule has 0 saturated heterocycles. The van der Waals surface area contributed by atoms with Crippen LogP contribution in [0.3, 0.4) is 0 Å². The Morgan fingerprint density at radius 3 is 2.39 bits per heavy atom. The molecular weight excluding hydrogens is 450 g/mol. The second kappa shape index (κ2) is 12.7. The number of hydrogen-bond acceptors (Lipinski definition) is 11. The van der Waals surface area contributed by atoms with Crippen molar-refractivity contribution >= 4 is 45.6 Å². The lowest BCUT2D eigenvalue weighted by molar-refractivity contribution is -0.159. The maximum atomic E-state index is 12.0. The van der Waals surface area contributed by atoms with Crippen molar-refractivity contribution in [3.8, 4) is 0 Å². The minimum Gasteiger partial charge on any atom is -0.491 e. The maximum Gasteiger partial charge on any atom is 0.408 e. The van der Waals surface area contributed by atoms with Crippen molar-refractivity contribution < 1.29 is 42.9 Å². The fourth-order valence-electron chi connectivity index (χ4n) is 2.32. The molecule has 0 radical (unpaired) electrons. The highest BCUT2D eigenvalue weighted by Gasteiger charge is 2.37. The largest absolute Gasteiger partial charge is 0.491 e. The van der Waals surface area contributed by atoms with Crippen LogP contribution < -0.4 is 5.32 Å². The average molecular weight is 480 g/mol. The summed E-state index contributed by atoms with van der Waals surface area (Å²) in [5.74, 6) is -1.44. The average Bonchev–Trinajstić information content (AvgIpc) is 2.64. The van der Waals surface area contributed by atoms with E-state index in [1.54, 1.807) is 26.8 Å². The van der Waals surface area contributed by atoms with E-state index in [1.165, 1.54) is 48.8 Å². The van der Waals surface area contributed by atoms with E-state index >= 15 is 0 Å². The first-order chi connectivity index (χ1) is 14.4. The zero-order valence-electron chi connectivity index (χ0n) is 18.4. The number of ether oxygens (including phenoxy) is 5. The molecule has 4 atom stereocenters. The minimum atomic E-state index is -0.940. The molecule has 0 aromatic heterocycles. The zero-order chi connectivity index (χ0) is 23.6. The molecule has 0 aromatic rings. The summed E-state index contributed by atoms with van der Waals surface area (Å²) in [4.78, 5) is 46.7. The molecule has 0 bridgehead atoms. The smallest absolute Gasteiger partial charge is 0.408 e. The van der Waals surface area contributed by atoms with E-state index in [0.717, 1.165) is 0 Å². The molecule has 0 saturated carbocycles. The standard InChI is InChI=1S/C19H29NO9S2/c1-11(21)27-9-14-16(28-12(2)22)15(7-8-26-14)31-30-10-13(17(23)25-6)20-18(24)29-19(3,4)5/h7-8,13-16H,9-10H2,1-6H3,(H,20,24)/t13?,14?,15-,16+/m1/s1. The Morgan fingerprint density at radius 1 is 1.16 bits per heavy atom. The number of esters is 3. The van der Waals surface area contributed by atoms with Crippen LogP contribution in [0.1, 0.15) is 34.6 Å². The number of methoxy groups -OCH3 is 1. The first-order valence-electron chi connectivity index (χ1n) is 9.41. The van der Waals surface area contributed by atoms with Crippen LogP contribution in [-0.4, -0.2) is 72.6 Å². The van der Waals surface area contributed by atoms with Crippen molar-refractivity contribution in [1.29, 1.82) is 0 Å². The molecule has 10 nitrogen and oxygen atoms in total.